The molecule has 0 spiro atoms. The van der Waals surface area contributed by atoms with Crippen LogP contribution in [0.15, 0.2) is 0 Å². The summed E-state index contributed by atoms with van der Waals surface area (Å²) >= 11 is 0. The molecule has 1 rings (SSSR count). The number of aliphatic hydroxyl groups excluding tert-OH is 3. The lowest BCUT2D eigenvalue weighted by Gasteiger charge is -2.35. The topological polar surface area (TPSA) is 119 Å². The number of carboxylic acids is 1. The quantitative estimate of drug-likeness (QED) is 0.385. The minimum Gasteiger partial charge on any atom is -0.550 e. The largest absolute Gasteiger partial charge is 0.550 e. The summed E-state index contributed by atoms with van der Waals surface area (Å²) in [5.41, 5.74) is 0. The molecule has 0 bridgehead atoms. The minimum absolute atomic E-state index is 0.273. The Labute approximate surface area is 156 Å². The standard InChI is InChI=1S/C19H36O7/c1-14-16(21)13-17(22)19(26-14)25-11-9-7-5-3-2-4-6-8-10-15(20)12-18(23)24/h14-17,19-22H,2-13H2,1H3,(H,23,24)/p-1/t14-,15+,16+,17+,19+/m0/s1. The molecule has 1 aliphatic rings. The molecule has 154 valence electrons. The van der Waals surface area contributed by atoms with Crippen molar-refractivity contribution in [2.24, 2.45) is 0 Å². The van der Waals surface area contributed by atoms with Crippen molar-refractivity contribution >= 4 is 5.97 Å². The average Bonchev–Trinajstić information content (AvgIpc) is 2.56. The van der Waals surface area contributed by atoms with Crippen LogP contribution in [0.1, 0.15) is 77.6 Å². The van der Waals surface area contributed by atoms with Gasteiger partial charge < -0.3 is 34.7 Å². The predicted octanol–water partition coefficient (Wildman–Crippen LogP) is 0.871. The summed E-state index contributed by atoms with van der Waals surface area (Å²) in [5.74, 6) is -1.20. The molecule has 1 fully saturated rings. The van der Waals surface area contributed by atoms with Crippen LogP contribution < -0.4 is 5.11 Å². The van der Waals surface area contributed by atoms with Gasteiger partial charge in [-0.1, -0.05) is 44.9 Å². The highest BCUT2D eigenvalue weighted by Gasteiger charge is 2.34. The zero-order chi connectivity index (χ0) is 19.4. The van der Waals surface area contributed by atoms with E-state index in [1.165, 1.54) is 0 Å². The number of carbonyl (C=O) groups excluding carboxylic acids is 1. The van der Waals surface area contributed by atoms with Crippen molar-refractivity contribution < 1.29 is 34.7 Å². The molecule has 26 heavy (non-hydrogen) atoms. The highest BCUT2D eigenvalue weighted by molar-refractivity contribution is 5.64. The molecule has 5 atom stereocenters. The molecule has 7 heteroatoms. The van der Waals surface area contributed by atoms with Gasteiger partial charge in [0.1, 0.15) is 6.10 Å². The molecule has 0 aromatic carbocycles. The van der Waals surface area contributed by atoms with Gasteiger partial charge in [-0.05, 0) is 19.8 Å². The van der Waals surface area contributed by atoms with Gasteiger partial charge in [0.05, 0.1) is 18.3 Å². The maximum atomic E-state index is 10.3. The summed E-state index contributed by atoms with van der Waals surface area (Å²) in [6, 6.07) is 0. The van der Waals surface area contributed by atoms with Gasteiger partial charge in [0, 0.05) is 25.4 Å². The van der Waals surface area contributed by atoms with Crippen LogP contribution in [0.25, 0.3) is 0 Å². The van der Waals surface area contributed by atoms with Crippen LogP contribution in [0.3, 0.4) is 0 Å². The van der Waals surface area contributed by atoms with Crippen molar-refractivity contribution in [1.82, 2.24) is 0 Å². The molecule has 0 unspecified atom stereocenters. The zero-order valence-corrected chi connectivity index (χ0v) is 15.8. The number of aliphatic hydroxyl groups is 3. The fourth-order valence-corrected chi connectivity index (χ4v) is 3.13. The van der Waals surface area contributed by atoms with Gasteiger partial charge in [0.25, 0.3) is 0 Å². The Kier molecular flexibility index (Phi) is 12.0. The Morgan fingerprint density at radius 3 is 2.27 bits per heavy atom. The zero-order valence-electron chi connectivity index (χ0n) is 15.8. The first-order chi connectivity index (χ1) is 12.4. The van der Waals surface area contributed by atoms with Gasteiger partial charge >= 0.3 is 0 Å². The first-order valence-electron chi connectivity index (χ1n) is 9.91. The van der Waals surface area contributed by atoms with Gasteiger partial charge in [-0.15, -0.1) is 0 Å². The van der Waals surface area contributed by atoms with Crippen LogP contribution in [0.5, 0.6) is 0 Å². The highest BCUT2D eigenvalue weighted by Crippen LogP contribution is 2.21. The van der Waals surface area contributed by atoms with Gasteiger partial charge in [0.2, 0.25) is 0 Å². The van der Waals surface area contributed by atoms with Gasteiger partial charge in [-0.2, -0.15) is 0 Å². The summed E-state index contributed by atoms with van der Waals surface area (Å²) in [6.45, 7) is 2.32. The van der Waals surface area contributed by atoms with E-state index in [9.17, 15) is 25.2 Å². The Bertz CT molecular complexity index is 377. The second-order valence-electron chi connectivity index (χ2n) is 7.30. The van der Waals surface area contributed by atoms with Crippen molar-refractivity contribution in [1.29, 1.82) is 0 Å². The fourth-order valence-electron chi connectivity index (χ4n) is 3.13. The number of carbonyl (C=O) groups is 1. The van der Waals surface area contributed by atoms with E-state index in [4.69, 9.17) is 9.47 Å². The van der Waals surface area contributed by atoms with E-state index in [1.54, 1.807) is 6.92 Å². The van der Waals surface area contributed by atoms with Crippen molar-refractivity contribution in [3.05, 3.63) is 0 Å². The molecule has 0 saturated carbocycles. The summed E-state index contributed by atoms with van der Waals surface area (Å²) in [6.07, 6.45) is 5.73. The summed E-state index contributed by atoms with van der Waals surface area (Å²) in [4.78, 5) is 10.3. The Morgan fingerprint density at radius 1 is 1.08 bits per heavy atom. The third-order valence-electron chi connectivity index (χ3n) is 4.80. The van der Waals surface area contributed by atoms with Gasteiger partial charge in [-0.25, -0.2) is 0 Å². The molecule has 0 aliphatic carbocycles. The molecule has 1 aliphatic heterocycles. The van der Waals surface area contributed by atoms with Crippen molar-refractivity contribution in [2.75, 3.05) is 6.61 Å². The lowest BCUT2D eigenvalue weighted by atomic mass is 10.0. The molecule has 7 nitrogen and oxygen atoms in total. The van der Waals surface area contributed by atoms with E-state index in [2.05, 4.69) is 0 Å². The molecule has 3 N–H and O–H groups in total. The number of hydrogen-bond acceptors (Lipinski definition) is 7. The van der Waals surface area contributed by atoms with Gasteiger partial charge in [-0.3, -0.25) is 0 Å². The maximum absolute atomic E-state index is 10.3. The summed E-state index contributed by atoms with van der Waals surface area (Å²) in [5, 5.41) is 39.1. The molecule has 1 heterocycles. The minimum atomic E-state index is -1.20. The third-order valence-corrected chi connectivity index (χ3v) is 4.80. The summed E-state index contributed by atoms with van der Waals surface area (Å²) in [7, 11) is 0. The van der Waals surface area contributed by atoms with E-state index < -0.39 is 30.6 Å². The second kappa shape index (κ2) is 13.4. The molecular weight excluding hydrogens is 340 g/mol. The first kappa shape index (κ1) is 23.3. The number of aliphatic carboxylic acids is 1. The van der Waals surface area contributed by atoms with Crippen molar-refractivity contribution in [3.8, 4) is 0 Å². The van der Waals surface area contributed by atoms with Crippen LogP contribution in [0, 0.1) is 0 Å². The van der Waals surface area contributed by atoms with Crippen LogP contribution in [0.2, 0.25) is 0 Å². The number of ether oxygens (including phenoxy) is 2. The van der Waals surface area contributed by atoms with E-state index >= 15 is 0 Å². The normalized spacial score (nSPS) is 27.4. The van der Waals surface area contributed by atoms with Crippen LogP contribution in [-0.2, 0) is 14.3 Å². The third kappa shape index (κ3) is 10.4. The molecule has 0 aromatic heterocycles. The summed E-state index contributed by atoms with van der Waals surface area (Å²) < 4.78 is 11.0. The first-order valence-corrected chi connectivity index (χ1v) is 9.91. The predicted molar refractivity (Wildman–Crippen MR) is 94.1 cm³/mol. The van der Waals surface area contributed by atoms with Crippen LogP contribution in [0.4, 0.5) is 0 Å². The van der Waals surface area contributed by atoms with E-state index in [0.29, 0.717) is 13.0 Å². The van der Waals surface area contributed by atoms with Crippen LogP contribution in [-0.4, -0.2) is 58.6 Å². The number of unbranched alkanes of at least 4 members (excludes halogenated alkanes) is 7. The molecule has 0 aromatic rings. The molecule has 0 radical (unpaired) electrons. The Balaban J connectivity index is 1.87. The van der Waals surface area contributed by atoms with E-state index in [0.717, 1.165) is 51.4 Å². The smallest absolute Gasteiger partial charge is 0.183 e. The highest BCUT2D eigenvalue weighted by atomic mass is 16.7. The lowest BCUT2D eigenvalue weighted by Crippen LogP contribution is -2.47. The van der Waals surface area contributed by atoms with Crippen LogP contribution >= 0.6 is 0 Å². The molecular formula is C19H35O7-. The van der Waals surface area contributed by atoms with Crippen molar-refractivity contribution in [3.63, 3.8) is 0 Å². The Morgan fingerprint density at radius 2 is 1.65 bits per heavy atom. The number of carboxylic acid groups (broad SMARTS) is 1. The Hall–Kier alpha value is -0.730. The SMILES string of the molecule is C[C@@H]1O[C@@H](OCCCCCCCCCC[C@@H](O)CC(=O)[O-])[C@H](O)C[C@H]1O. The number of rotatable bonds is 14. The van der Waals surface area contributed by atoms with Gasteiger partial charge in [0.15, 0.2) is 6.29 Å². The number of hydrogen-bond donors (Lipinski definition) is 3. The fraction of sp³-hybridized carbons (Fsp3) is 0.947. The molecule has 1 saturated heterocycles. The lowest BCUT2D eigenvalue weighted by molar-refractivity contribution is -0.307. The molecule has 0 amide bonds. The monoisotopic (exact) mass is 375 g/mol. The second-order valence-corrected chi connectivity index (χ2v) is 7.30. The van der Waals surface area contributed by atoms with E-state index in [-0.39, 0.29) is 18.9 Å². The van der Waals surface area contributed by atoms with Crippen molar-refractivity contribution in [2.45, 2.75) is 108 Å². The average molecular weight is 375 g/mol. The van der Waals surface area contributed by atoms with E-state index in [1.807, 2.05) is 0 Å². The maximum Gasteiger partial charge on any atom is 0.183 e.